The smallest absolute Gasteiger partial charge is 0.331 e. The first kappa shape index (κ1) is 11.3. The standard InChI is InChI=1S/C12H20O2/c1-5-10-6-11(13)14-12(4,8-10)7-9(2)3/h6,9H,5,7-8H2,1-4H3/t12-/m0/s1. The van der Waals surface area contributed by atoms with Gasteiger partial charge in [0, 0.05) is 12.5 Å². The number of hydrogen-bond acceptors (Lipinski definition) is 2. The highest BCUT2D eigenvalue weighted by molar-refractivity contribution is 5.84. The van der Waals surface area contributed by atoms with Gasteiger partial charge in [-0.2, -0.15) is 0 Å². The second kappa shape index (κ2) is 4.16. The molecule has 14 heavy (non-hydrogen) atoms. The maximum absolute atomic E-state index is 11.3. The Bertz CT molecular complexity index is 253. The maximum atomic E-state index is 11.3. The third kappa shape index (κ3) is 2.86. The molecule has 1 heterocycles. The highest BCUT2D eigenvalue weighted by Gasteiger charge is 2.33. The number of carbonyl (C=O) groups is 1. The summed E-state index contributed by atoms with van der Waals surface area (Å²) in [6.45, 7) is 8.43. The maximum Gasteiger partial charge on any atom is 0.331 e. The Hall–Kier alpha value is -0.790. The van der Waals surface area contributed by atoms with Crippen LogP contribution >= 0.6 is 0 Å². The fraction of sp³-hybridized carbons (Fsp3) is 0.750. The minimum Gasteiger partial charge on any atom is -0.456 e. The van der Waals surface area contributed by atoms with Crippen molar-refractivity contribution in [2.75, 3.05) is 0 Å². The van der Waals surface area contributed by atoms with Crippen molar-refractivity contribution in [2.45, 2.75) is 52.6 Å². The zero-order valence-corrected chi connectivity index (χ0v) is 9.59. The average Bonchev–Trinajstić information content (AvgIpc) is 1.99. The molecule has 1 aliphatic rings. The van der Waals surface area contributed by atoms with E-state index < -0.39 is 0 Å². The van der Waals surface area contributed by atoms with Gasteiger partial charge in [0.2, 0.25) is 0 Å². The molecule has 0 aromatic heterocycles. The normalized spacial score (nSPS) is 27.5. The molecule has 0 aliphatic carbocycles. The van der Waals surface area contributed by atoms with E-state index in [4.69, 9.17) is 4.74 Å². The quantitative estimate of drug-likeness (QED) is 0.648. The van der Waals surface area contributed by atoms with Crippen LogP contribution in [0.5, 0.6) is 0 Å². The minimum atomic E-state index is -0.272. The highest BCUT2D eigenvalue weighted by atomic mass is 16.6. The molecule has 2 heteroatoms. The summed E-state index contributed by atoms with van der Waals surface area (Å²) in [6, 6.07) is 0. The van der Waals surface area contributed by atoms with Crippen molar-refractivity contribution in [1.82, 2.24) is 0 Å². The van der Waals surface area contributed by atoms with Gasteiger partial charge in [0.1, 0.15) is 5.60 Å². The Balaban J connectivity index is 2.74. The van der Waals surface area contributed by atoms with Crippen LogP contribution in [0.4, 0.5) is 0 Å². The van der Waals surface area contributed by atoms with Gasteiger partial charge in [-0.1, -0.05) is 26.3 Å². The van der Waals surface area contributed by atoms with Crippen molar-refractivity contribution in [2.24, 2.45) is 5.92 Å². The summed E-state index contributed by atoms with van der Waals surface area (Å²) >= 11 is 0. The largest absolute Gasteiger partial charge is 0.456 e. The lowest BCUT2D eigenvalue weighted by atomic mass is 9.85. The van der Waals surface area contributed by atoms with Gasteiger partial charge in [-0.05, 0) is 25.7 Å². The first-order valence-electron chi connectivity index (χ1n) is 5.37. The lowest BCUT2D eigenvalue weighted by molar-refractivity contribution is -0.155. The van der Waals surface area contributed by atoms with Crippen LogP contribution in [0.2, 0.25) is 0 Å². The molecule has 2 nitrogen and oxygen atoms in total. The van der Waals surface area contributed by atoms with Crippen molar-refractivity contribution in [3.8, 4) is 0 Å². The predicted molar refractivity (Wildman–Crippen MR) is 56.9 cm³/mol. The Kier molecular flexibility index (Phi) is 3.35. The van der Waals surface area contributed by atoms with Gasteiger partial charge in [0.25, 0.3) is 0 Å². The minimum absolute atomic E-state index is 0.170. The first-order valence-corrected chi connectivity index (χ1v) is 5.37. The van der Waals surface area contributed by atoms with Crippen LogP contribution in [0.25, 0.3) is 0 Å². The van der Waals surface area contributed by atoms with Gasteiger partial charge in [0.05, 0.1) is 0 Å². The molecule has 0 unspecified atom stereocenters. The molecule has 0 aromatic carbocycles. The van der Waals surface area contributed by atoms with Crippen LogP contribution in [0.3, 0.4) is 0 Å². The summed E-state index contributed by atoms with van der Waals surface area (Å²) < 4.78 is 5.40. The van der Waals surface area contributed by atoms with Gasteiger partial charge >= 0.3 is 5.97 Å². The molecule has 1 atom stereocenters. The Morgan fingerprint density at radius 2 is 2.21 bits per heavy atom. The third-order valence-corrected chi connectivity index (χ3v) is 2.56. The zero-order valence-electron chi connectivity index (χ0n) is 9.59. The fourth-order valence-electron chi connectivity index (χ4n) is 2.21. The molecule has 1 rings (SSSR count). The number of ether oxygens (including phenoxy) is 1. The lowest BCUT2D eigenvalue weighted by Gasteiger charge is -2.34. The first-order chi connectivity index (χ1) is 6.45. The monoisotopic (exact) mass is 196 g/mol. The van der Waals surface area contributed by atoms with Crippen molar-refractivity contribution in [3.05, 3.63) is 11.6 Å². The molecular formula is C12H20O2. The van der Waals surface area contributed by atoms with E-state index >= 15 is 0 Å². The second-order valence-electron chi connectivity index (χ2n) is 4.80. The Labute approximate surface area is 86.3 Å². The highest BCUT2D eigenvalue weighted by Crippen LogP contribution is 2.32. The van der Waals surface area contributed by atoms with E-state index in [-0.39, 0.29) is 11.6 Å². The van der Waals surface area contributed by atoms with Crippen molar-refractivity contribution < 1.29 is 9.53 Å². The van der Waals surface area contributed by atoms with E-state index in [1.54, 1.807) is 6.08 Å². The summed E-state index contributed by atoms with van der Waals surface area (Å²) in [4.78, 5) is 11.3. The van der Waals surface area contributed by atoms with Gasteiger partial charge in [-0.15, -0.1) is 0 Å². The summed E-state index contributed by atoms with van der Waals surface area (Å²) in [5.41, 5.74) is 0.940. The number of cyclic esters (lactones) is 1. The summed E-state index contributed by atoms with van der Waals surface area (Å²) in [5, 5.41) is 0. The molecular weight excluding hydrogens is 176 g/mol. The van der Waals surface area contributed by atoms with Crippen molar-refractivity contribution in [3.63, 3.8) is 0 Å². The molecule has 0 fully saturated rings. The van der Waals surface area contributed by atoms with Crippen LogP contribution < -0.4 is 0 Å². The molecule has 80 valence electrons. The Morgan fingerprint density at radius 3 is 2.71 bits per heavy atom. The van der Waals surface area contributed by atoms with Crippen LogP contribution in [0.1, 0.15) is 47.0 Å². The molecule has 0 saturated heterocycles. The molecule has 0 aromatic rings. The number of esters is 1. The van der Waals surface area contributed by atoms with Crippen LogP contribution in [0, 0.1) is 5.92 Å². The predicted octanol–water partition coefficient (Wildman–Crippen LogP) is 3.07. The molecule has 0 bridgehead atoms. The molecule has 0 radical (unpaired) electrons. The number of carbonyl (C=O) groups excluding carboxylic acids is 1. The summed E-state index contributed by atoms with van der Waals surface area (Å²) in [6.07, 6.45) is 4.42. The molecule has 0 spiro atoms. The lowest BCUT2D eigenvalue weighted by Crippen LogP contribution is -2.36. The van der Waals surface area contributed by atoms with Gasteiger partial charge in [-0.25, -0.2) is 4.79 Å². The van der Waals surface area contributed by atoms with E-state index in [2.05, 4.69) is 20.8 Å². The van der Waals surface area contributed by atoms with Gasteiger partial charge in [-0.3, -0.25) is 0 Å². The fourth-order valence-corrected chi connectivity index (χ4v) is 2.21. The molecule has 1 aliphatic heterocycles. The summed E-state index contributed by atoms with van der Waals surface area (Å²) in [7, 11) is 0. The second-order valence-corrected chi connectivity index (χ2v) is 4.80. The number of rotatable bonds is 3. The van der Waals surface area contributed by atoms with Gasteiger partial charge in [0.15, 0.2) is 0 Å². The van der Waals surface area contributed by atoms with Crippen LogP contribution in [-0.2, 0) is 9.53 Å². The SMILES string of the molecule is CCC1=CC(=O)O[C@@](C)(CC(C)C)C1. The van der Waals surface area contributed by atoms with E-state index in [1.807, 2.05) is 6.92 Å². The van der Waals surface area contributed by atoms with Crippen LogP contribution in [-0.4, -0.2) is 11.6 Å². The molecule has 0 amide bonds. The van der Waals surface area contributed by atoms with Crippen molar-refractivity contribution in [1.29, 1.82) is 0 Å². The summed E-state index contributed by atoms with van der Waals surface area (Å²) in [5.74, 6) is 0.389. The topological polar surface area (TPSA) is 26.3 Å². The van der Waals surface area contributed by atoms with E-state index in [1.165, 1.54) is 5.57 Å². The number of hydrogen-bond donors (Lipinski definition) is 0. The van der Waals surface area contributed by atoms with E-state index in [0.717, 1.165) is 19.3 Å². The zero-order chi connectivity index (χ0) is 10.8. The Morgan fingerprint density at radius 1 is 1.57 bits per heavy atom. The van der Waals surface area contributed by atoms with Crippen molar-refractivity contribution >= 4 is 5.97 Å². The van der Waals surface area contributed by atoms with Crippen LogP contribution in [0.15, 0.2) is 11.6 Å². The van der Waals surface area contributed by atoms with Gasteiger partial charge < -0.3 is 4.74 Å². The average molecular weight is 196 g/mol. The third-order valence-electron chi connectivity index (χ3n) is 2.56. The van der Waals surface area contributed by atoms with E-state index in [0.29, 0.717) is 5.92 Å². The molecule has 0 saturated carbocycles. The molecule has 0 N–H and O–H groups in total. The van der Waals surface area contributed by atoms with E-state index in [9.17, 15) is 4.79 Å².